The van der Waals surface area contributed by atoms with Crippen molar-refractivity contribution in [3.05, 3.63) is 95.9 Å². The summed E-state index contributed by atoms with van der Waals surface area (Å²) in [5.41, 5.74) is 4.00. The minimum absolute atomic E-state index is 0.120. The monoisotopic (exact) mass is 565 g/mol. The molecule has 0 heterocycles. The second-order valence-electron chi connectivity index (χ2n) is 6.92. The van der Waals surface area contributed by atoms with Gasteiger partial charge < -0.3 is 9.47 Å². The van der Waals surface area contributed by atoms with Gasteiger partial charge in [-0.25, -0.2) is 5.43 Å². The summed E-state index contributed by atoms with van der Waals surface area (Å²) in [6.07, 6.45) is 1.24. The van der Waals surface area contributed by atoms with Gasteiger partial charge in [0.1, 0.15) is 6.61 Å². The smallest absolute Gasteiger partial charge is 0.273 e. The molecule has 0 spiro atoms. The standard InChI is InChI=1S/C23H18BrCl2N3O5/c1-33-21-9-16(12-27-28-23(30)10-15-4-2-3-5-20(15)29(31)32)17(24)11-22(21)34-13-14-6-7-18(25)19(26)8-14/h2-9,11-12H,10,13H2,1H3,(H,28,30)/b27-12+. The van der Waals surface area contributed by atoms with Gasteiger partial charge in [0.15, 0.2) is 11.5 Å². The fourth-order valence-corrected chi connectivity index (χ4v) is 3.68. The molecule has 0 aliphatic rings. The first-order valence-corrected chi connectivity index (χ1v) is 11.3. The zero-order valence-electron chi connectivity index (χ0n) is 17.8. The highest BCUT2D eigenvalue weighted by atomic mass is 79.9. The third kappa shape index (κ3) is 6.69. The summed E-state index contributed by atoms with van der Waals surface area (Å²) in [5, 5.41) is 15.9. The number of nitrogens with one attached hydrogen (secondary N) is 1. The molecule has 8 nitrogen and oxygen atoms in total. The van der Waals surface area contributed by atoms with Crippen molar-refractivity contribution in [1.29, 1.82) is 0 Å². The molecule has 3 aromatic rings. The van der Waals surface area contributed by atoms with E-state index in [1.807, 2.05) is 6.07 Å². The quantitative estimate of drug-likeness (QED) is 0.196. The normalized spacial score (nSPS) is 10.8. The van der Waals surface area contributed by atoms with Crippen LogP contribution < -0.4 is 14.9 Å². The summed E-state index contributed by atoms with van der Waals surface area (Å²) >= 11 is 15.4. The number of ether oxygens (including phenoxy) is 2. The number of methoxy groups -OCH3 is 1. The summed E-state index contributed by atoms with van der Waals surface area (Å²) in [6, 6.07) is 14.7. The van der Waals surface area contributed by atoms with Crippen molar-refractivity contribution in [2.45, 2.75) is 13.0 Å². The van der Waals surface area contributed by atoms with Crippen LogP contribution in [0, 0.1) is 10.1 Å². The summed E-state index contributed by atoms with van der Waals surface area (Å²) in [6.45, 7) is 0.245. The SMILES string of the molecule is COc1cc(/C=N/NC(=O)Cc2ccccc2[N+](=O)[O-])c(Br)cc1OCc1ccc(Cl)c(Cl)c1. The molecule has 0 bridgehead atoms. The van der Waals surface area contributed by atoms with E-state index in [1.54, 1.807) is 36.4 Å². The van der Waals surface area contributed by atoms with Gasteiger partial charge in [-0.2, -0.15) is 5.10 Å². The van der Waals surface area contributed by atoms with E-state index in [-0.39, 0.29) is 18.7 Å². The molecule has 0 aliphatic carbocycles. The number of nitro benzene ring substituents is 1. The van der Waals surface area contributed by atoms with Crippen LogP contribution in [0.3, 0.4) is 0 Å². The average molecular weight is 567 g/mol. The summed E-state index contributed by atoms with van der Waals surface area (Å²) in [4.78, 5) is 22.7. The van der Waals surface area contributed by atoms with E-state index in [4.69, 9.17) is 32.7 Å². The topological polar surface area (TPSA) is 103 Å². The van der Waals surface area contributed by atoms with Gasteiger partial charge in [0, 0.05) is 21.7 Å². The van der Waals surface area contributed by atoms with Crippen LogP contribution >= 0.6 is 39.1 Å². The highest BCUT2D eigenvalue weighted by molar-refractivity contribution is 9.10. The van der Waals surface area contributed by atoms with Crippen LogP contribution in [-0.2, 0) is 17.8 Å². The molecule has 11 heteroatoms. The first kappa shape index (κ1) is 25.5. The zero-order chi connectivity index (χ0) is 24.7. The largest absolute Gasteiger partial charge is 0.493 e. The molecule has 1 amide bonds. The van der Waals surface area contributed by atoms with Crippen LogP contribution in [0.1, 0.15) is 16.7 Å². The van der Waals surface area contributed by atoms with E-state index in [0.29, 0.717) is 37.1 Å². The molecule has 3 aromatic carbocycles. The lowest BCUT2D eigenvalue weighted by Gasteiger charge is -2.13. The van der Waals surface area contributed by atoms with E-state index in [0.717, 1.165) is 5.56 Å². The van der Waals surface area contributed by atoms with E-state index in [9.17, 15) is 14.9 Å². The van der Waals surface area contributed by atoms with E-state index in [2.05, 4.69) is 26.5 Å². The van der Waals surface area contributed by atoms with Crippen molar-refractivity contribution >= 4 is 56.9 Å². The van der Waals surface area contributed by atoms with Crippen molar-refractivity contribution in [1.82, 2.24) is 5.43 Å². The maximum Gasteiger partial charge on any atom is 0.273 e. The Hall–Kier alpha value is -3.14. The first-order valence-electron chi connectivity index (χ1n) is 9.77. The van der Waals surface area contributed by atoms with Crippen LogP contribution in [0.15, 0.2) is 64.2 Å². The molecule has 0 atom stereocenters. The van der Waals surface area contributed by atoms with Gasteiger partial charge in [0.25, 0.3) is 5.69 Å². The number of hydrogen-bond donors (Lipinski definition) is 1. The molecule has 0 aliphatic heterocycles. The van der Waals surface area contributed by atoms with Gasteiger partial charge in [0.05, 0.1) is 34.7 Å². The van der Waals surface area contributed by atoms with Gasteiger partial charge in [0.2, 0.25) is 5.91 Å². The number of benzene rings is 3. The van der Waals surface area contributed by atoms with Crippen LogP contribution in [0.25, 0.3) is 0 Å². The van der Waals surface area contributed by atoms with Crippen LogP contribution in [0.5, 0.6) is 11.5 Å². The number of nitrogens with zero attached hydrogens (tertiary/aromatic N) is 2. The molecular weight excluding hydrogens is 549 g/mol. The van der Waals surface area contributed by atoms with Gasteiger partial charge in [-0.1, -0.05) is 47.5 Å². The average Bonchev–Trinajstić information content (AvgIpc) is 2.81. The molecule has 0 aromatic heterocycles. The van der Waals surface area contributed by atoms with E-state index < -0.39 is 10.8 Å². The minimum atomic E-state index is -0.527. The van der Waals surface area contributed by atoms with Crippen molar-refractivity contribution in [3.8, 4) is 11.5 Å². The number of rotatable bonds is 9. The lowest BCUT2D eigenvalue weighted by atomic mass is 10.1. The summed E-state index contributed by atoms with van der Waals surface area (Å²) in [5.74, 6) is 0.448. The van der Waals surface area contributed by atoms with Crippen molar-refractivity contribution < 1.29 is 19.2 Å². The number of carbonyl (C=O) groups excluding carboxylic acids is 1. The van der Waals surface area contributed by atoms with Gasteiger partial charge in [-0.15, -0.1) is 0 Å². The number of nitro groups is 1. The van der Waals surface area contributed by atoms with Gasteiger partial charge in [-0.05, 0) is 45.8 Å². The highest BCUT2D eigenvalue weighted by Crippen LogP contribution is 2.34. The molecule has 0 unspecified atom stereocenters. The molecule has 0 radical (unpaired) electrons. The number of para-hydroxylation sites is 1. The second-order valence-corrected chi connectivity index (χ2v) is 8.59. The molecular formula is C23H18BrCl2N3O5. The number of amides is 1. The summed E-state index contributed by atoms with van der Waals surface area (Å²) in [7, 11) is 1.50. The predicted molar refractivity (Wildman–Crippen MR) is 134 cm³/mol. The Kier molecular flexibility index (Phi) is 8.86. The molecule has 0 fully saturated rings. The van der Waals surface area contributed by atoms with Crippen LogP contribution in [0.4, 0.5) is 5.69 Å². The Morgan fingerprint density at radius 2 is 1.91 bits per heavy atom. The maximum atomic E-state index is 12.2. The Balaban J connectivity index is 1.66. The number of carbonyl (C=O) groups is 1. The zero-order valence-corrected chi connectivity index (χ0v) is 20.9. The Morgan fingerprint density at radius 3 is 2.62 bits per heavy atom. The van der Waals surface area contributed by atoms with E-state index in [1.165, 1.54) is 25.5 Å². The Bertz CT molecular complexity index is 1250. The number of halogens is 3. The fraction of sp³-hybridized carbons (Fsp3) is 0.130. The van der Waals surface area contributed by atoms with Gasteiger partial charge >= 0.3 is 0 Å². The second kappa shape index (κ2) is 11.8. The lowest BCUT2D eigenvalue weighted by Crippen LogP contribution is -2.20. The highest BCUT2D eigenvalue weighted by Gasteiger charge is 2.15. The molecule has 34 heavy (non-hydrogen) atoms. The Morgan fingerprint density at radius 1 is 1.15 bits per heavy atom. The molecule has 0 saturated carbocycles. The number of hydrazone groups is 1. The van der Waals surface area contributed by atoms with Crippen LogP contribution in [0.2, 0.25) is 10.0 Å². The Labute approximate surface area is 213 Å². The third-order valence-electron chi connectivity index (χ3n) is 4.59. The maximum absolute atomic E-state index is 12.2. The van der Waals surface area contributed by atoms with Crippen LogP contribution in [-0.4, -0.2) is 24.2 Å². The van der Waals surface area contributed by atoms with Crippen molar-refractivity contribution in [2.75, 3.05) is 7.11 Å². The van der Waals surface area contributed by atoms with Gasteiger partial charge in [-0.3, -0.25) is 14.9 Å². The van der Waals surface area contributed by atoms with Crippen molar-refractivity contribution in [2.24, 2.45) is 5.10 Å². The summed E-state index contributed by atoms with van der Waals surface area (Å²) < 4.78 is 11.9. The molecule has 0 saturated heterocycles. The molecule has 176 valence electrons. The fourth-order valence-electron chi connectivity index (χ4n) is 2.94. The van der Waals surface area contributed by atoms with E-state index >= 15 is 0 Å². The molecule has 3 rings (SSSR count). The predicted octanol–water partition coefficient (Wildman–Crippen LogP) is 5.94. The van der Waals surface area contributed by atoms with Crippen molar-refractivity contribution in [3.63, 3.8) is 0 Å². The first-order chi connectivity index (χ1) is 16.3. The molecule has 1 N–H and O–H groups in total. The lowest BCUT2D eigenvalue weighted by molar-refractivity contribution is -0.385. The minimum Gasteiger partial charge on any atom is -0.493 e. The number of hydrogen-bond acceptors (Lipinski definition) is 6. The third-order valence-corrected chi connectivity index (χ3v) is 6.02.